The Balaban J connectivity index is 0.000000244. The first kappa shape index (κ1) is 22.0. The van der Waals surface area contributed by atoms with E-state index in [0.717, 1.165) is 28.3 Å². The number of aromatic nitrogens is 2. The van der Waals surface area contributed by atoms with Crippen LogP contribution in [0.4, 0.5) is 5.69 Å². The maximum absolute atomic E-state index is 9.16. The van der Waals surface area contributed by atoms with Crippen molar-refractivity contribution >= 4 is 55.9 Å². The van der Waals surface area contributed by atoms with E-state index in [1.807, 2.05) is 16.7 Å². The number of rotatable bonds is 5. The maximum Gasteiger partial charge on any atom is 0.203 e. The molecule has 0 aliphatic carbocycles. The number of halogens is 3. The minimum absolute atomic E-state index is 0.0719. The first-order valence-corrected chi connectivity index (χ1v) is 10.4. The molecule has 3 rings (SSSR count). The van der Waals surface area contributed by atoms with Crippen LogP contribution in [-0.4, -0.2) is 21.3 Å². The summed E-state index contributed by atoms with van der Waals surface area (Å²) >= 11 is 15.0. The first-order valence-electron chi connectivity index (χ1n) is 8.88. The number of nitrogens with two attached hydrogens (primary N) is 1. The fourth-order valence-corrected chi connectivity index (χ4v) is 3.99. The summed E-state index contributed by atoms with van der Waals surface area (Å²) in [5.74, 6) is 0.513. The van der Waals surface area contributed by atoms with Gasteiger partial charge in [0.2, 0.25) is 5.28 Å². The third kappa shape index (κ3) is 5.38. The van der Waals surface area contributed by atoms with Gasteiger partial charge in [0.25, 0.3) is 0 Å². The van der Waals surface area contributed by atoms with Crippen LogP contribution in [-0.2, 0) is 6.54 Å². The summed E-state index contributed by atoms with van der Waals surface area (Å²) in [4.78, 5) is 4.36. The molecule has 1 aromatic heterocycles. The Hall–Kier alpha value is -1.27. The highest BCUT2D eigenvalue weighted by Gasteiger charge is 2.16. The van der Waals surface area contributed by atoms with Gasteiger partial charge in [0, 0.05) is 21.7 Å². The molecule has 0 aliphatic heterocycles. The van der Waals surface area contributed by atoms with Crippen LogP contribution in [0.25, 0.3) is 11.0 Å². The summed E-state index contributed by atoms with van der Waals surface area (Å²) in [6.07, 6.45) is 2.19. The van der Waals surface area contributed by atoms with E-state index in [4.69, 9.17) is 34.0 Å². The fraction of sp³-hybridized carbons (Fsp3) is 0.350. The van der Waals surface area contributed by atoms with Gasteiger partial charge < -0.3 is 15.4 Å². The third-order valence-electron chi connectivity index (χ3n) is 4.46. The number of para-hydroxylation sites is 1. The lowest BCUT2D eigenvalue weighted by Gasteiger charge is -2.15. The van der Waals surface area contributed by atoms with E-state index in [-0.39, 0.29) is 6.61 Å². The van der Waals surface area contributed by atoms with Gasteiger partial charge in [0.05, 0.1) is 17.6 Å². The van der Waals surface area contributed by atoms with Crippen molar-refractivity contribution < 1.29 is 5.11 Å². The van der Waals surface area contributed by atoms with Crippen molar-refractivity contribution in [3.8, 4) is 0 Å². The summed E-state index contributed by atoms with van der Waals surface area (Å²) in [7, 11) is 0. The number of nitrogens with zero attached hydrogens (tertiary/aromatic N) is 2. The highest BCUT2D eigenvalue weighted by Crippen LogP contribution is 2.31. The molecule has 0 radical (unpaired) electrons. The minimum Gasteiger partial charge on any atom is -0.398 e. The van der Waals surface area contributed by atoms with Crippen molar-refractivity contribution in [2.75, 3.05) is 12.3 Å². The molecule has 0 fully saturated rings. The molecule has 0 aliphatic rings. The number of imidazole rings is 1. The lowest BCUT2D eigenvalue weighted by molar-refractivity contribution is 0.278. The van der Waals surface area contributed by atoms with Crippen molar-refractivity contribution in [1.82, 2.24) is 9.55 Å². The lowest BCUT2D eigenvalue weighted by Crippen LogP contribution is -2.05. The molecule has 1 heterocycles. The molecule has 0 unspecified atom stereocenters. The molecule has 0 atom stereocenters. The molecule has 7 heteroatoms. The third-order valence-corrected chi connectivity index (χ3v) is 5.67. The molecule has 4 nitrogen and oxygen atoms in total. The van der Waals surface area contributed by atoms with Gasteiger partial charge in [0.15, 0.2) is 0 Å². The van der Waals surface area contributed by atoms with Gasteiger partial charge in [-0.1, -0.05) is 37.6 Å². The van der Waals surface area contributed by atoms with Crippen LogP contribution in [0.15, 0.2) is 40.9 Å². The summed E-state index contributed by atoms with van der Waals surface area (Å²) in [5.41, 5.74) is 9.46. The number of nitrogen functional groups attached to an aromatic ring is 1. The Morgan fingerprint density at radius 1 is 1.19 bits per heavy atom. The van der Waals surface area contributed by atoms with Crippen LogP contribution in [0.3, 0.4) is 0 Å². The van der Waals surface area contributed by atoms with E-state index < -0.39 is 0 Å². The molecule has 27 heavy (non-hydrogen) atoms. The Kier molecular flexibility index (Phi) is 8.42. The smallest absolute Gasteiger partial charge is 0.203 e. The zero-order valence-electron chi connectivity index (χ0n) is 15.4. The van der Waals surface area contributed by atoms with Gasteiger partial charge in [-0.25, -0.2) is 4.98 Å². The van der Waals surface area contributed by atoms with Crippen LogP contribution in [0, 0.1) is 0 Å². The lowest BCUT2D eigenvalue weighted by atomic mass is 9.93. The number of hydrogen-bond donors (Lipinski definition) is 2. The Morgan fingerprint density at radius 2 is 1.89 bits per heavy atom. The van der Waals surface area contributed by atoms with E-state index in [2.05, 4.69) is 40.8 Å². The van der Waals surface area contributed by atoms with Crippen LogP contribution in [0.1, 0.15) is 38.2 Å². The Morgan fingerprint density at radius 3 is 2.44 bits per heavy atom. The molecular formula is C20H24BrCl2N3O. The molecule has 146 valence electrons. The largest absolute Gasteiger partial charge is 0.398 e. The van der Waals surface area contributed by atoms with Gasteiger partial charge >= 0.3 is 0 Å². The molecular weight excluding hydrogens is 449 g/mol. The van der Waals surface area contributed by atoms with Gasteiger partial charge in [-0.2, -0.15) is 0 Å². The standard InChI is InChI=1S/C14H19ClN2O.C6H5BrClN/c1-3-10(4-2)11-6-5-7-12-13(11)17(8-9-18)14(15)16-12;7-5-3-4(8)1-2-6(5)9/h5-7,10,18H,3-4,8-9H2,1-2H3;1-3H,9H2. The van der Waals surface area contributed by atoms with Crippen molar-refractivity contribution in [2.24, 2.45) is 0 Å². The predicted octanol–water partition coefficient (Wildman–Crippen LogP) is 6.27. The van der Waals surface area contributed by atoms with Crippen molar-refractivity contribution in [3.63, 3.8) is 0 Å². The second kappa shape index (κ2) is 10.3. The molecule has 3 N–H and O–H groups in total. The van der Waals surface area contributed by atoms with E-state index >= 15 is 0 Å². The number of anilines is 1. The van der Waals surface area contributed by atoms with E-state index in [1.165, 1.54) is 5.56 Å². The zero-order chi connectivity index (χ0) is 20.0. The fourth-order valence-electron chi connectivity index (χ4n) is 3.05. The average molecular weight is 473 g/mol. The summed E-state index contributed by atoms with van der Waals surface area (Å²) < 4.78 is 2.75. The van der Waals surface area contributed by atoms with Gasteiger partial charge in [0.1, 0.15) is 0 Å². The van der Waals surface area contributed by atoms with E-state index in [1.54, 1.807) is 18.2 Å². The second-order valence-corrected chi connectivity index (χ2v) is 7.78. The number of benzene rings is 2. The first-order chi connectivity index (χ1) is 12.9. The highest BCUT2D eigenvalue weighted by molar-refractivity contribution is 9.10. The number of aliphatic hydroxyl groups excluding tert-OH is 1. The zero-order valence-corrected chi connectivity index (χ0v) is 18.5. The van der Waals surface area contributed by atoms with Gasteiger partial charge in [-0.15, -0.1) is 0 Å². The molecule has 0 saturated heterocycles. The minimum atomic E-state index is 0.0719. The monoisotopic (exact) mass is 471 g/mol. The van der Waals surface area contributed by atoms with E-state index in [9.17, 15) is 0 Å². The molecule has 0 saturated carbocycles. The summed E-state index contributed by atoms with van der Waals surface area (Å²) in [6, 6.07) is 11.4. The molecule has 2 aromatic carbocycles. The van der Waals surface area contributed by atoms with Crippen molar-refractivity contribution in [2.45, 2.75) is 39.2 Å². The topological polar surface area (TPSA) is 64.1 Å². The summed E-state index contributed by atoms with van der Waals surface area (Å²) in [6.45, 7) is 4.96. The van der Waals surface area contributed by atoms with Crippen LogP contribution < -0.4 is 5.73 Å². The molecule has 3 aromatic rings. The molecule has 0 amide bonds. The normalized spacial score (nSPS) is 10.9. The van der Waals surface area contributed by atoms with Gasteiger partial charge in [-0.05, 0) is 76.1 Å². The van der Waals surface area contributed by atoms with Crippen molar-refractivity contribution in [1.29, 1.82) is 0 Å². The number of hydrogen-bond acceptors (Lipinski definition) is 3. The van der Waals surface area contributed by atoms with Crippen LogP contribution >= 0.6 is 39.1 Å². The molecule has 0 spiro atoms. The SMILES string of the molecule is CCC(CC)c1cccc2nc(Cl)n(CCO)c12.Nc1ccc(Cl)cc1Br. The van der Waals surface area contributed by atoms with Gasteiger partial charge in [-0.3, -0.25) is 0 Å². The van der Waals surface area contributed by atoms with E-state index in [0.29, 0.717) is 28.5 Å². The van der Waals surface area contributed by atoms with Crippen LogP contribution in [0.2, 0.25) is 10.3 Å². The second-order valence-electron chi connectivity index (χ2n) is 6.15. The Labute approximate surface area is 178 Å². The quantitative estimate of drug-likeness (QED) is 0.430. The number of fused-ring (bicyclic) bond motifs is 1. The molecule has 0 bridgehead atoms. The average Bonchev–Trinajstić information content (AvgIpc) is 2.97. The van der Waals surface area contributed by atoms with Crippen molar-refractivity contribution in [3.05, 3.63) is 56.7 Å². The predicted molar refractivity (Wildman–Crippen MR) is 119 cm³/mol. The maximum atomic E-state index is 9.16. The Bertz CT molecular complexity index is 894. The highest BCUT2D eigenvalue weighted by atomic mass is 79.9. The van der Waals surface area contributed by atoms with Crippen LogP contribution in [0.5, 0.6) is 0 Å². The number of aliphatic hydroxyl groups is 1. The summed E-state index contributed by atoms with van der Waals surface area (Å²) in [5, 5.41) is 10.3.